The lowest BCUT2D eigenvalue weighted by Gasteiger charge is -2.18. The number of nitrogens with zero attached hydrogens (tertiary/aromatic N) is 3. The fourth-order valence-electron chi connectivity index (χ4n) is 3.31. The molecule has 1 fully saturated rings. The van der Waals surface area contributed by atoms with E-state index in [1.165, 1.54) is 23.4 Å². The smallest absolute Gasteiger partial charge is 0.406 e. The first kappa shape index (κ1) is 20.4. The Morgan fingerprint density at radius 3 is 2.74 bits per heavy atom. The number of halogens is 3. The topological polar surface area (TPSA) is 100 Å². The fraction of sp³-hybridized carbons (Fsp3) is 0.200. The number of hydrogen-bond acceptors (Lipinski definition) is 5. The summed E-state index contributed by atoms with van der Waals surface area (Å²) >= 11 is 0. The molecule has 2 N–H and O–H groups in total. The molecule has 0 spiro atoms. The summed E-state index contributed by atoms with van der Waals surface area (Å²) in [6.07, 6.45) is -3.53. The van der Waals surface area contributed by atoms with Gasteiger partial charge < -0.3 is 15.0 Å². The van der Waals surface area contributed by atoms with Gasteiger partial charge in [-0.05, 0) is 24.3 Å². The van der Waals surface area contributed by atoms with E-state index in [9.17, 15) is 22.8 Å². The molecule has 2 amide bonds. The van der Waals surface area contributed by atoms with Crippen LogP contribution in [0.15, 0.2) is 54.9 Å². The lowest BCUT2D eigenvalue weighted by molar-refractivity contribution is -0.274. The van der Waals surface area contributed by atoms with Crippen molar-refractivity contribution in [3.05, 3.63) is 54.9 Å². The van der Waals surface area contributed by atoms with Gasteiger partial charge in [-0.3, -0.25) is 14.7 Å². The Kier molecular flexibility index (Phi) is 5.32. The summed E-state index contributed by atoms with van der Waals surface area (Å²) in [5.41, 5.74) is 1.47. The van der Waals surface area contributed by atoms with Crippen LogP contribution in [0.3, 0.4) is 0 Å². The number of H-pyrrole nitrogens is 1. The van der Waals surface area contributed by atoms with Gasteiger partial charge in [-0.2, -0.15) is 5.10 Å². The van der Waals surface area contributed by atoms with Crippen LogP contribution in [0.2, 0.25) is 0 Å². The molecule has 0 radical (unpaired) electrons. The summed E-state index contributed by atoms with van der Waals surface area (Å²) in [7, 11) is 0. The first-order valence-electron chi connectivity index (χ1n) is 9.21. The van der Waals surface area contributed by atoms with Gasteiger partial charge in [0.25, 0.3) is 0 Å². The lowest BCUT2D eigenvalue weighted by Crippen LogP contribution is -2.28. The number of anilines is 2. The standard InChI is InChI=1S/C20H16F3N5O3/c21-20(22,23)31-16-6-2-5-15(9-16)28-10-13(8-17(28)29)19(30)26-14-4-1-3-12(7-14)18-24-11-25-27-18/h1-7,9,11,13H,8,10H2,(H,26,30)(H,24,25,27)/t13-/m1/s1. The van der Waals surface area contributed by atoms with Crippen LogP contribution in [0.1, 0.15) is 6.42 Å². The van der Waals surface area contributed by atoms with Crippen LogP contribution in [0.25, 0.3) is 11.4 Å². The molecule has 1 aromatic heterocycles. The van der Waals surface area contributed by atoms with Gasteiger partial charge in [0.05, 0.1) is 5.92 Å². The number of aromatic nitrogens is 3. The Morgan fingerprint density at radius 1 is 1.19 bits per heavy atom. The second kappa shape index (κ2) is 8.09. The Morgan fingerprint density at radius 2 is 2.00 bits per heavy atom. The summed E-state index contributed by atoms with van der Waals surface area (Å²) < 4.78 is 41.3. The maximum absolute atomic E-state index is 12.7. The number of hydrogen-bond donors (Lipinski definition) is 2. The van der Waals surface area contributed by atoms with Gasteiger partial charge >= 0.3 is 6.36 Å². The minimum atomic E-state index is -4.84. The van der Waals surface area contributed by atoms with E-state index >= 15 is 0 Å². The van der Waals surface area contributed by atoms with Crippen LogP contribution in [0.5, 0.6) is 5.75 Å². The van der Waals surface area contributed by atoms with Crippen molar-refractivity contribution in [2.75, 3.05) is 16.8 Å². The molecule has 8 nitrogen and oxygen atoms in total. The summed E-state index contributed by atoms with van der Waals surface area (Å²) in [6, 6.07) is 12.1. The highest BCUT2D eigenvalue weighted by molar-refractivity contribution is 6.03. The second-order valence-corrected chi connectivity index (χ2v) is 6.85. The summed E-state index contributed by atoms with van der Waals surface area (Å²) in [4.78, 5) is 30.4. The molecule has 1 saturated heterocycles. The zero-order valence-electron chi connectivity index (χ0n) is 15.9. The number of benzene rings is 2. The van der Waals surface area contributed by atoms with Crippen LogP contribution >= 0.6 is 0 Å². The quantitative estimate of drug-likeness (QED) is 0.645. The number of nitrogens with one attached hydrogen (secondary N) is 2. The van der Waals surface area contributed by atoms with Crippen molar-refractivity contribution in [2.45, 2.75) is 12.8 Å². The lowest BCUT2D eigenvalue weighted by atomic mass is 10.1. The Labute approximate surface area is 174 Å². The van der Waals surface area contributed by atoms with Crippen molar-refractivity contribution >= 4 is 23.2 Å². The van der Waals surface area contributed by atoms with Gasteiger partial charge in [-0.15, -0.1) is 13.2 Å². The Balaban J connectivity index is 1.44. The van der Waals surface area contributed by atoms with Gasteiger partial charge in [0.1, 0.15) is 12.1 Å². The second-order valence-electron chi connectivity index (χ2n) is 6.85. The zero-order chi connectivity index (χ0) is 22.0. The third-order valence-corrected chi connectivity index (χ3v) is 4.68. The Bertz CT molecular complexity index is 1100. The zero-order valence-corrected chi connectivity index (χ0v) is 15.9. The van der Waals surface area contributed by atoms with Crippen molar-refractivity contribution in [2.24, 2.45) is 5.92 Å². The number of rotatable bonds is 5. The predicted octanol–water partition coefficient (Wildman–Crippen LogP) is 3.36. The third-order valence-electron chi connectivity index (χ3n) is 4.68. The molecular weight excluding hydrogens is 415 g/mol. The number of amides is 2. The van der Waals surface area contributed by atoms with E-state index in [4.69, 9.17) is 0 Å². The minimum Gasteiger partial charge on any atom is -0.406 e. The fourth-order valence-corrected chi connectivity index (χ4v) is 3.31. The number of aromatic amines is 1. The van der Waals surface area contributed by atoms with Crippen molar-refractivity contribution in [3.63, 3.8) is 0 Å². The van der Waals surface area contributed by atoms with Gasteiger partial charge in [-0.25, -0.2) is 4.98 Å². The van der Waals surface area contributed by atoms with E-state index in [2.05, 4.69) is 25.2 Å². The van der Waals surface area contributed by atoms with Crippen LogP contribution in [0, 0.1) is 5.92 Å². The summed E-state index contributed by atoms with van der Waals surface area (Å²) in [5.74, 6) is -1.28. The first-order valence-corrected chi connectivity index (χ1v) is 9.21. The number of alkyl halides is 3. The average molecular weight is 431 g/mol. The molecule has 0 saturated carbocycles. The van der Waals surface area contributed by atoms with Gasteiger partial charge in [-0.1, -0.05) is 18.2 Å². The van der Waals surface area contributed by atoms with E-state index in [1.807, 2.05) is 0 Å². The van der Waals surface area contributed by atoms with Crippen molar-refractivity contribution in [1.82, 2.24) is 15.2 Å². The van der Waals surface area contributed by atoms with Crippen molar-refractivity contribution < 1.29 is 27.5 Å². The molecule has 31 heavy (non-hydrogen) atoms. The molecule has 1 aliphatic heterocycles. The molecular formula is C20H16F3N5O3. The minimum absolute atomic E-state index is 0.0436. The summed E-state index contributed by atoms with van der Waals surface area (Å²) in [6.45, 7) is 0.0436. The third kappa shape index (κ3) is 4.82. The molecule has 0 aliphatic carbocycles. The maximum Gasteiger partial charge on any atom is 0.573 e. The average Bonchev–Trinajstić information content (AvgIpc) is 3.37. The molecule has 1 aliphatic rings. The largest absolute Gasteiger partial charge is 0.573 e. The maximum atomic E-state index is 12.7. The predicted molar refractivity (Wildman–Crippen MR) is 104 cm³/mol. The molecule has 2 heterocycles. The SMILES string of the molecule is O=C(Nc1cccc(-c2ncn[nH]2)c1)[C@@H]1CC(=O)N(c2cccc(OC(F)(F)F)c2)C1. The van der Waals surface area contributed by atoms with Crippen LogP contribution in [-0.2, 0) is 9.59 Å². The van der Waals surface area contributed by atoms with Gasteiger partial charge in [0.2, 0.25) is 11.8 Å². The van der Waals surface area contributed by atoms with Crippen molar-refractivity contribution in [3.8, 4) is 17.1 Å². The number of ether oxygens (including phenoxy) is 1. The Hall–Kier alpha value is -3.89. The number of carbonyl (C=O) groups is 2. The van der Waals surface area contributed by atoms with E-state index in [1.54, 1.807) is 24.3 Å². The summed E-state index contributed by atoms with van der Waals surface area (Å²) in [5, 5.41) is 9.29. The molecule has 0 unspecified atom stereocenters. The van der Waals surface area contributed by atoms with Gasteiger partial charge in [0, 0.05) is 36.0 Å². The van der Waals surface area contributed by atoms with E-state index < -0.39 is 18.0 Å². The molecule has 1 atom stereocenters. The number of carbonyl (C=O) groups excluding carboxylic acids is 2. The van der Waals surface area contributed by atoms with E-state index in [0.29, 0.717) is 11.5 Å². The normalized spacial score (nSPS) is 16.4. The molecule has 4 rings (SSSR count). The molecule has 0 bridgehead atoms. The molecule has 3 aromatic rings. The first-order chi connectivity index (χ1) is 14.8. The molecule has 160 valence electrons. The van der Waals surface area contributed by atoms with Crippen LogP contribution in [0.4, 0.5) is 24.5 Å². The van der Waals surface area contributed by atoms with Gasteiger partial charge in [0.15, 0.2) is 5.82 Å². The van der Waals surface area contributed by atoms with Crippen LogP contribution in [-0.4, -0.2) is 39.9 Å². The molecule has 11 heteroatoms. The van der Waals surface area contributed by atoms with Crippen molar-refractivity contribution in [1.29, 1.82) is 0 Å². The highest BCUT2D eigenvalue weighted by Crippen LogP contribution is 2.31. The van der Waals surface area contributed by atoms with Crippen LogP contribution < -0.4 is 15.0 Å². The molecule has 2 aromatic carbocycles. The monoisotopic (exact) mass is 431 g/mol. The van der Waals surface area contributed by atoms with E-state index in [0.717, 1.165) is 17.7 Å². The van der Waals surface area contributed by atoms with E-state index in [-0.39, 0.29) is 30.5 Å². The highest BCUT2D eigenvalue weighted by atomic mass is 19.4. The highest BCUT2D eigenvalue weighted by Gasteiger charge is 2.36.